The minimum absolute atomic E-state index is 0. The predicted molar refractivity (Wildman–Crippen MR) is 87.1 cm³/mol. The van der Waals surface area contributed by atoms with E-state index < -0.39 is 0 Å². The van der Waals surface area contributed by atoms with E-state index >= 15 is 0 Å². The summed E-state index contributed by atoms with van der Waals surface area (Å²) in [6.45, 7) is 4.42. The predicted octanol–water partition coefficient (Wildman–Crippen LogP) is 0.407. The van der Waals surface area contributed by atoms with Crippen molar-refractivity contribution in [2.24, 2.45) is 11.7 Å². The number of carbonyl (C=O) groups excluding carboxylic acids is 1. The molecule has 0 spiro atoms. The van der Waals surface area contributed by atoms with Gasteiger partial charge >= 0.3 is 5.69 Å². The van der Waals surface area contributed by atoms with Crippen LogP contribution in [0.3, 0.4) is 0 Å². The molecule has 8 heteroatoms. The highest BCUT2D eigenvalue weighted by atomic mass is 35.5. The number of nitrogens with two attached hydrogens (primary N) is 1. The minimum atomic E-state index is -0.325. The van der Waals surface area contributed by atoms with Crippen molar-refractivity contribution in [1.82, 2.24) is 19.5 Å². The van der Waals surface area contributed by atoms with Crippen molar-refractivity contribution in [2.75, 3.05) is 6.54 Å². The third-order valence-electron chi connectivity index (χ3n) is 3.19. The van der Waals surface area contributed by atoms with E-state index in [0.29, 0.717) is 18.1 Å². The van der Waals surface area contributed by atoms with Crippen LogP contribution in [0.2, 0.25) is 0 Å². The Morgan fingerprint density at radius 3 is 2.73 bits per heavy atom. The Kier molecular flexibility index (Phi) is 6.58. The summed E-state index contributed by atoms with van der Waals surface area (Å²) in [7, 11) is 0. The second-order valence-electron chi connectivity index (χ2n) is 5.50. The quantitative estimate of drug-likeness (QED) is 0.803. The highest BCUT2D eigenvalue weighted by molar-refractivity contribution is 5.85. The normalized spacial score (nSPS) is 12.2. The summed E-state index contributed by atoms with van der Waals surface area (Å²) in [5, 5.41) is 6.97. The van der Waals surface area contributed by atoms with Crippen molar-refractivity contribution in [3.8, 4) is 0 Å². The monoisotopic (exact) mass is 327 g/mol. The molecule has 3 N–H and O–H groups in total. The lowest BCUT2D eigenvalue weighted by Crippen LogP contribution is -2.43. The van der Waals surface area contributed by atoms with E-state index in [2.05, 4.69) is 24.3 Å². The number of aromatic nitrogens is 3. The van der Waals surface area contributed by atoms with Crippen LogP contribution >= 0.6 is 12.4 Å². The first kappa shape index (κ1) is 18.2. The number of hydrogen-bond donors (Lipinski definition) is 2. The van der Waals surface area contributed by atoms with Crippen LogP contribution in [0.15, 0.2) is 29.2 Å². The second-order valence-corrected chi connectivity index (χ2v) is 5.50. The number of nitrogens with one attached hydrogen (secondary N) is 1. The molecule has 1 amide bonds. The Hall–Kier alpha value is -1.86. The van der Waals surface area contributed by atoms with Crippen LogP contribution in [0.1, 0.15) is 20.3 Å². The maximum absolute atomic E-state index is 12.1. The molecule has 22 heavy (non-hydrogen) atoms. The lowest BCUT2D eigenvalue weighted by molar-refractivity contribution is -0.122. The van der Waals surface area contributed by atoms with Crippen LogP contribution in [-0.2, 0) is 11.3 Å². The molecule has 0 fully saturated rings. The Morgan fingerprint density at radius 2 is 2.14 bits per heavy atom. The molecular weight excluding hydrogens is 306 g/mol. The van der Waals surface area contributed by atoms with Gasteiger partial charge in [-0.3, -0.25) is 9.20 Å². The number of carbonyl (C=O) groups is 1. The van der Waals surface area contributed by atoms with Gasteiger partial charge in [-0.1, -0.05) is 19.9 Å². The van der Waals surface area contributed by atoms with Crippen LogP contribution in [0.25, 0.3) is 5.65 Å². The molecule has 7 nitrogen and oxygen atoms in total. The van der Waals surface area contributed by atoms with Gasteiger partial charge in [-0.05, 0) is 24.5 Å². The van der Waals surface area contributed by atoms with E-state index in [1.165, 1.54) is 4.40 Å². The number of hydrogen-bond acceptors (Lipinski definition) is 4. The van der Waals surface area contributed by atoms with E-state index in [1.807, 2.05) is 0 Å². The summed E-state index contributed by atoms with van der Waals surface area (Å²) in [5.74, 6) is 0.188. The summed E-state index contributed by atoms with van der Waals surface area (Å²) in [6, 6.07) is 5.18. The number of pyridine rings is 1. The zero-order valence-electron chi connectivity index (χ0n) is 12.7. The van der Waals surface area contributed by atoms with E-state index in [0.717, 1.165) is 11.1 Å². The number of nitrogens with zero attached hydrogens (tertiary/aromatic N) is 3. The fourth-order valence-corrected chi connectivity index (χ4v) is 2.26. The second kappa shape index (κ2) is 7.95. The van der Waals surface area contributed by atoms with E-state index in [-0.39, 0.29) is 36.6 Å². The zero-order valence-corrected chi connectivity index (χ0v) is 13.5. The van der Waals surface area contributed by atoms with Gasteiger partial charge in [0.05, 0.1) is 0 Å². The van der Waals surface area contributed by atoms with Crippen LogP contribution in [0, 0.1) is 5.92 Å². The molecule has 0 aromatic carbocycles. The molecule has 0 saturated carbocycles. The average Bonchev–Trinajstić information content (AvgIpc) is 2.74. The highest BCUT2D eigenvalue weighted by Gasteiger charge is 2.15. The molecule has 2 heterocycles. The smallest absolute Gasteiger partial charge is 0.350 e. The van der Waals surface area contributed by atoms with Crippen LogP contribution in [0.5, 0.6) is 0 Å². The molecule has 1 unspecified atom stereocenters. The third-order valence-corrected chi connectivity index (χ3v) is 3.19. The Bertz CT molecular complexity index is 679. The minimum Gasteiger partial charge on any atom is -0.350 e. The Labute approximate surface area is 134 Å². The zero-order chi connectivity index (χ0) is 15.4. The summed E-state index contributed by atoms with van der Waals surface area (Å²) in [6.07, 6.45) is 2.43. The van der Waals surface area contributed by atoms with E-state index in [4.69, 9.17) is 5.73 Å². The van der Waals surface area contributed by atoms with Gasteiger partial charge in [-0.2, -0.15) is 0 Å². The van der Waals surface area contributed by atoms with Crippen molar-refractivity contribution >= 4 is 24.0 Å². The molecule has 0 radical (unpaired) electrons. The van der Waals surface area contributed by atoms with Crippen molar-refractivity contribution in [3.05, 3.63) is 34.9 Å². The van der Waals surface area contributed by atoms with Crippen LogP contribution in [-0.4, -0.2) is 32.7 Å². The molecule has 0 bridgehead atoms. The molecule has 0 saturated heterocycles. The lowest BCUT2D eigenvalue weighted by atomic mass is 10.0. The first-order chi connectivity index (χ1) is 10.0. The summed E-state index contributed by atoms with van der Waals surface area (Å²) < 4.78 is 2.56. The van der Waals surface area contributed by atoms with Gasteiger partial charge in [0.2, 0.25) is 5.91 Å². The fourth-order valence-electron chi connectivity index (χ4n) is 2.26. The van der Waals surface area contributed by atoms with Crippen molar-refractivity contribution in [1.29, 1.82) is 0 Å². The van der Waals surface area contributed by atoms with E-state index in [9.17, 15) is 9.59 Å². The molecule has 0 aliphatic carbocycles. The van der Waals surface area contributed by atoms with Gasteiger partial charge in [-0.15, -0.1) is 17.5 Å². The molecular formula is C14H22ClN5O2. The van der Waals surface area contributed by atoms with Crippen molar-refractivity contribution in [2.45, 2.75) is 32.9 Å². The number of rotatable bonds is 6. The number of amides is 1. The molecule has 0 aliphatic heterocycles. The Balaban J connectivity index is 0.00000242. The highest BCUT2D eigenvalue weighted by Crippen LogP contribution is 2.03. The SMILES string of the molecule is CC(C)CC(CN)NC(=O)Cn1nc2ccccn2c1=O.Cl. The largest absolute Gasteiger partial charge is 0.350 e. The van der Waals surface area contributed by atoms with Gasteiger partial charge in [0, 0.05) is 18.8 Å². The first-order valence-electron chi connectivity index (χ1n) is 7.05. The molecule has 0 aliphatic rings. The van der Waals surface area contributed by atoms with Gasteiger partial charge in [0.1, 0.15) is 6.54 Å². The van der Waals surface area contributed by atoms with Gasteiger partial charge < -0.3 is 11.1 Å². The molecule has 122 valence electrons. The third kappa shape index (κ3) is 4.32. The summed E-state index contributed by atoms with van der Waals surface area (Å²) in [4.78, 5) is 24.1. The van der Waals surface area contributed by atoms with Gasteiger partial charge in [-0.25, -0.2) is 9.48 Å². The van der Waals surface area contributed by atoms with Gasteiger partial charge in [0.25, 0.3) is 0 Å². The average molecular weight is 328 g/mol. The maximum atomic E-state index is 12.1. The fraction of sp³-hybridized carbons (Fsp3) is 0.500. The summed E-state index contributed by atoms with van der Waals surface area (Å²) >= 11 is 0. The topological polar surface area (TPSA) is 94.4 Å². The van der Waals surface area contributed by atoms with Crippen LogP contribution in [0.4, 0.5) is 0 Å². The van der Waals surface area contributed by atoms with Crippen LogP contribution < -0.4 is 16.7 Å². The maximum Gasteiger partial charge on any atom is 0.350 e. The summed E-state index contributed by atoms with van der Waals surface area (Å²) in [5.41, 5.74) is 5.85. The Morgan fingerprint density at radius 1 is 1.41 bits per heavy atom. The molecule has 2 aromatic rings. The molecule has 2 aromatic heterocycles. The number of fused-ring (bicyclic) bond motifs is 1. The first-order valence-corrected chi connectivity index (χ1v) is 7.05. The standard InChI is InChI=1S/C14H21N5O2.ClH/c1-10(2)7-11(8-15)16-13(20)9-19-14(21)18-6-4-3-5-12(18)17-19;/h3-6,10-11H,7-9,15H2,1-2H3,(H,16,20);1H. The number of halogens is 1. The lowest BCUT2D eigenvalue weighted by Gasteiger charge is -2.18. The van der Waals surface area contributed by atoms with Gasteiger partial charge in [0.15, 0.2) is 5.65 Å². The molecule has 1 atom stereocenters. The van der Waals surface area contributed by atoms with Crippen molar-refractivity contribution < 1.29 is 4.79 Å². The van der Waals surface area contributed by atoms with E-state index in [1.54, 1.807) is 24.4 Å². The molecule has 2 rings (SSSR count). The van der Waals surface area contributed by atoms with Crippen molar-refractivity contribution in [3.63, 3.8) is 0 Å².